The van der Waals surface area contributed by atoms with Gasteiger partial charge in [0.2, 0.25) is 0 Å². The molecule has 30 heavy (non-hydrogen) atoms. The maximum absolute atomic E-state index is 12.4. The smallest absolute Gasteiger partial charge is 0.315 e. The first kappa shape index (κ1) is 19.3. The number of amides is 2. The van der Waals surface area contributed by atoms with Crippen molar-refractivity contribution in [2.75, 3.05) is 13.2 Å². The van der Waals surface area contributed by atoms with Crippen molar-refractivity contribution >= 4 is 6.03 Å². The third-order valence-corrected chi connectivity index (χ3v) is 6.07. The van der Waals surface area contributed by atoms with Gasteiger partial charge in [-0.25, -0.2) is 14.5 Å². The van der Waals surface area contributed by atoms with Crippen LogP contribution in [0.15, 0.2) is 36.9 Å². The maximum atomic E-state index is 12.4. The van der Waals surface area contributed by atoms with Gasteiger partial charge in [0, 0.05) is 6.04 Å². The minimum Gasteiger partial charge on any atom is -0.485 e. The first-order valence-electron chi connectivity index (χ1n) is 10.7. The molecular weight excluding hydrogens is 386 g/mol. The summed E-state index contributed by atoms with van der Waals surface area (Å²) in [6.45, 7) is 0.862. The summed E-state index contributed by atoms with van der Waals surface area (Å²) in [6, 6.07) is 7.62. The third kappa shape index (κ3) is 4.13. The van der Waals surface area contributed by atoms with Gasteiger partial charge in [0.1, 0.15) is 30.6 Å². The highest BCUT2D eigenvalue weighted by Gasteiger charge is 2.49. The Bertz CT molecular complexity index is 838. The molecule has 3 aliphatic rings. The van der Waals surface area contributed by atoms with Crippen molar-refractivity contribution in [1.29, 1.82) is 0 Å². The molecular formula is C21H27N5O4. The van der Waals surface area contributed by atoms with Gasteiger partial charge in [-0.3, -0.25) is 0 Å². The predicted octanol–water partition coefficient (Wildman–Crippen LogP) is 1.81. The summed E-state index contributed by atoms with van der Waals surface area (Å²) in [5.41, 5.74) is 0.908. The number of fused-ring (bicyclic) bond motifs is 1. The van der Waals surface area contributed by atoms with E-state index in [1.165, 1.54) is 25.6 Å². The van der Waals surface area contributed by atoms with Crippen molar-refractivity contribution in [2.24, 2.45) is 0 Å². The summed E-state index contributed by atoms with van der Waals surface area (Å²) in [5.74, 6) is 0.739. The van der Waals surface area contributed by atoms with Crippen LogP contribution in [-0.2, 0) is 9.47 Å². The van der Waals surface area contributed by atoms with E-state index >= 15 is 0 Å². The molecule has 9 heteroatoms. The molecule has 3 heterocycles. The largest absolute Gasteiger partial charge is 0.485 e. The van der Waals surface area contributed by atoms with Crippen LogP contribution in [-0.4, -0.2) is 64.4 Å². The summed E-state index contributed by atoms with van der Waals surface area (Å²) >= 11 is 0. The number of nitrogens with one attached hydrogen (secondary N) is 2. The van der Waals surface area contributed by atoms with Crippen molar-refractivity contribution in [3.8, 4) is 11.4 Å². The topological polar surface area (TPSA) is 99.5 Å². The van der Waals surface area contributed by atoms with E-state index in [4.69, 9.17) is 14.2 Å². The van der Waals surface area contributed by atoms with E-state index in [9.17, 15) is 4.79 Å². The second-order valence-electron chi connectivity index (χ2n) is 8.15. The first-order chi connectivity index (χ1) is 14.8. The van der Waals surface area contributed by atoms with Gasteiger partial charge in [0.05, 0.1) is 24.9 Å². The molecule has 1 saturated carbocycles. The average molecular weight is 413 g/mol. The highest BCUT2D eigenvalue weighted by molar-refractivity contribution is 5.74. The summed E-state index contributed by atoms with van der Waals surface area (Å²) in [7, 11) is 0. The lowest BCUT2D eigenvalue weighted by molar-refractivity contribution is 0.0303. The van der Waals surface area contributed by atoms with Crippen LogP contribution < -0.4 is 15.4 Å². The van der Waals surface area contributed by atoms with Gasteiger partial charge in [-0.15, -0.1) is 0 Å². The third-order valence-electron chi connectivity index (χ3n) is 6.07. The van der Waals surface area contributed by atoms with Crippen molar-refractivity contribution in [3.05, 3.63) is 36.9 Å². The van der Waals surface area contributed by atoms with Crippen LogP contribution in [0.4, 0.5) is 4.79 Å². The van der Waals surface area contributed by atoms with Gasteiger partial charge in [-0.2, -0.15) is 5.10 Å². The maximum Gasteiger partial charge on any atom is 0.315 e. The van der Waals surface area contributed by atoms with Crippen LogP contribution in [0.2, 0.25) is 0 Å². The van der Waals surface area contributed by atoms with E-state index in [0.29, 0.717) is 13.2 Å². The minimum absolute atomic E-state index is 0.132. The molecule has 4 atom stereocenters. The monoisotopic (exact) mass is 413 g/mol. The summed E-state index contributed by atoms with van der Waals surface area (Å²) in [5, 5.41) is 10.2. The lowest BCUT2D eigenvalue weighted by Crippen LogP contribution is -2.51. The van der Waals surface area contributed by atoms with E-state index in [0.717, 1.165) is 24.3 Å². The number of ether oxygens (including phenoxy) is 3. The Morgan fingerprint density at radius 2 is 1.83 bits per heavy atom. The van der Waals surface area contributed by atoms with E-state index in [-0.39, 0.29) is 36.4 Å². The quantitative estimate of drug-likeness (QED) is 0.776. The van der Waals surface area contributed by atoms with Crippen molar-refractivity contribution in [2.45, 2.75) is 62.5 Å². The second-order valence-corrected chi connectivity index (χ2v) is 8.15. The SMILES string of the molecule is O=C(NC1CCCCC1)N[C@H]1CO[C@H]2[C@@H]1OC[C@@H]2Oc1ccc(-n2cncn2)cc1. The van der Waals surface area contributed by atoms with Crippen LogP contribution in [0.1, 0.15) is 32.1 Å². The van der Waals surface area contributed by atoms with Gasteiger partial charge >= 0.3 is 6.03 Å². The molecule has 0 unspecified atom stereocenters. The average Bonchev–Trinajstić information content (AvgIpc) is 3.50. The van der Waals surface area contributed by atoms with Gasteiger partial charge in [-0.05, 0) is 37.1 Å². The van der Waals surface area contributed by atoms with E-state index in [1.54, 1.807) is 11.0 Å². The Kier molecular flexibility index (Phi) is 5.54. The molecule has 9 nitrogen and oxygen atoms in total. The number of carbonyl (C=O) groups is 1. The zero-order chi connectivity index (χ0) is 20.3. The molecule has 0 spiro atoms. The molecule has 0 radical (unpaired) electrons. The van der Waals surface area contributed by atoms with Gasteiger partial charge in [0.25, 0.3) is 0 Å². The van der Waals surface area contributed by atoms with Crippen molar-refractivity contribution in [3.63, 3.8) is 0 Å². The summed E-state index contributed by atoms with van der Waals surface area (Å²) in [6.07, 6.45) is 8.30. The van der Waals surface area contributed by atoms with Crippen LogP contribution in [0, 0.1) is 0 Å². The molecule has 1 aromatic heterocycles. The summed E-state index contributed by atoms with van der Waals surface area (Å²) < 4.78 is 19.7. The van der Waals surface area contributed by atoms with Crippen LogP contribution in [0.5, 0.6) is 5.75 Å². The van der Waals surface area contributed by atoms with Crippen LogP contribution >= 0.6 is 0 Å². The Labute approximate surface area is 175 Å². The molecule has 2 N–H and O–H groups in total. The fraction of sp³-hybridized carbons (Fsp3) is 0.571. The lowest BCUT2D eigenvalue weighted by atomic mass is 9.96. The normalized spacial score (nSPS) is 28.8. The standard InChI is InChI=1S/C21H27N5O4/c27-21(24-14-4-2-1-3-5-14)25-17-10-28-20-18(11-29-19(17)20)30-16-8-6-15(7-9-16)26-13-22-12-23-26/h6-9,12-14,17-20H,1-5,10-11H2,(H2,24,25,27)/t17-,18-,19+,20+/m0/s1. The molecule has 0 bridgehead atoms. The van der Waals surface area contributed by atoms with E-state index < -0.39 is 0 Å². The molecule has 3 fully saturated rings. The Morgan fingerprint density at radius 3 is 2.60 bits per heavy atom. The number of rotatable bonds is 5. The van der Waals surface area contributed by atoms with Gasteiger partial charge < -0.3 is 24.8 Å². The van der Waals surface area contributed by atoms with Gasteiger partial charge in [-0.1, -0.05) is 19.3 Å². The van der Waals surface area contributed by atoms with Crippen molar-refractivity contribution in [1.82, 2.24) is 25.4 Å². The molecule has 2 saturated heterocycles. The first-order valence-corrected chi connectivity index (χ1v) is 10.7. The van der Waals surface area contributed by atoms with Crippen molar-refractivity contribution < 1.29 is 19.0 Å². The number of nitrogens with zero attached hydrogens (tertiary/aromatic N) is 3. The Balaban J connectivity index is 1.14. The molecule has 160 valence electrons. The van der Waals surface area contributed by atoms with Gasteiger partial charge in [0.15, 0.2) is 6.10 Å². The fourth-order valence-electron chi connectivity index (χ4n) is 4.53. The van der Waals surface area contributed by atoms with E-state index in [1.807, 2.05) is 24.3 Å². The van der Waals surface area contributed by atoms with E-state index in [2.05, 4.69) is 20.7 Å². The van der Waals surface area contributed by atoms with Crippen LogP contribution in [0.25, 0.3) is 5.69 Å². The second kappa shape index (κ2) is 8.61. The minimum atomic E-state index is -0.208. The number of carbonyl (C=O) groups excluding carboxylic acids is 1. The Morgan fingerprint density at radius 1 is 1.03 bits per heavy atom. The number of hydrogen-bond donors (Lipinski definition) is 2. The Hall–Kier alpha value is -2.65. The molecule has 2 aliphatic heterocycles. The molecule has 1 aromatic carbocycles. The zero-order valence-corrected chi connectivity index (χ0v) is 16.8. The molecule has 5 rings (SSSR count). The number of hydrogen-bond acceptors (Lipinski definition) is 6. The zero-order valence-electron chi connectivity index (χ0n) is 16.8. The highest BCUT2D eigenvalue weighted by Crippen LogP contribution is 2.30. The lowest BCUT2D eigenvalue weighted by Gasteiger charge is -2.24. The summed E-state index contributed by atoms with van der Waals surface area (Å²) in [4.78, 5) is 16.3. The fourth-order valence-corrected chi connectivity index (χ4v) is 4.53. The van der Waals surface area contributed by atoms with Crippen LogP contribution in [0.3, 0.4) is 0 Å². The predicted molar refractivity (Wildman–Crippen MR) is 108 cm³/mol. The number of aromatic nitrogens is 3. The molecule has 1 aliphatic carbocycles. The highest BCUT2D eigenvalue weighted by atomic mass is 16.6. The molecule has 2 aromatic rings. The number of benzene rings is 1. The number of urea groups is 1. The molecule has 2 amide bonds.